The van der Waals surface area contributed by atoms with Gasteiger partial charge in [0.25, 0.3) is 0 Å². The normalized spacial score (nSPS) is 28.2. The van der Waals surface area contributed by atoms with Gasteiger partial charge in [-0.15, -0.1) is 11.8 Å². The zero-order valence-corrected chi connectivity index (χ0v) is 12.4. The second kappa shape index (κ2) is 4.89. The standard InChI is InChI=1S/C14H23N3S/c1-9(2)17-5-4-10-7-13-12(6-11(10)8-17)14(18-3)16-15-13/h9-11H,4-8H2,1-3H3,(H,15,16)/t10-,11+/m0/s1. The van der Waals surface area contributed by atoms with Gasteiger partial charge in [-0.25, -0.2) is 0 Å². The molecule has 2 aliphatic rings. The van der Waals surface area contributed by atoms with Gasteiger partial charge in [0.2, 0.25) is 0 Å². The topological polar surface area (TPSA) is 31.9 Å². The van der Waals surface area contributed by atoms with Crippen LogP contribution in [0.2, 0.25) is 0 Å². The molecule has 1 fully saturated rings. The Hall–Kier alpha value is -0.480. The molecule has 1 aliphatic heterocycles. The Balaban J connectivity index is 1.80. The fraction of sp³-hybridized carbons (Fsp3) is 0.786. The molecule has 18 heavy (non-hydrogen) atoms. The lowest BCUT2D eigenvalue weighted by Crippen LogP contribution is -2.46. The molecule has 1 N–H and O–H groups in total. The monoisotopic (exact) mass is 265 g/mol. The van der Waals surface area contributed by atoms with E-state index in [1.54, 1.807) is 11.8 Å². The number of likely N-dealkylation sites (tertiary alicyclic amines) is 1. The summed E-state index contributed by atoms with van der Waals surface area (Å²) in [6, 6.07) is 0.691. The number of piperidine rings is 1. The van der Waals surface area contributed by atoms with E-state index < -0.39 is 0 Å². The van der Waals surface area contributed by atoms with Crippen molar-refractivity contribution in [3.63, 3.8) is 0 Å². The van der Waals surface area contributed by atoms with Crippen LogP contribution in [0.5, 0.6) is 0 Å². The minimum Gasteiger partial charge on any atom is -0.301 e. The summed E-state index contributed by atoms with van der Waals surface area (Å²) in [5.41, 5.74) is 2.92. The van der Waals surface area contributed by atoms with Crippen LogP contribution in [0.15, 0.2) is 5.03 Å². The Labute approximate surface area is 114 Å². The zero-order chi connectivity index (χ0) is 12.7. The first-order valence-electron chi connectivity index (χ1n) is 7.03. The third-order valence-corrected chi connectivity index (χ3v) is 5.42. The number of aromatic nitrogens is 2. The number of rotatable bonds is 2. The smallest absolute Gasteiger partial charge is 0.121 e. The molecule has 1 aromatic heterocycles. The number of nitrogens with one attached hydrogen (secondary N) is 1. The van der Waals surface area contributed by atoms with Crippen molar-refractivity contribution in [2.75, 3.05) is 19.3 Å². The van der Waals surface area contributed by atoms with Crippen LogP contribution < -0.4 is 0 Å². The first kappa shape index (κ1) is 12.5. The summed E-state index contributed by atoms with van der Waals surface area (Å²) in [6.45, 7) is 7.19. The van der Waals surface area contributed by atoms with E-state index in [0.717, 1.165) is 11.8 Å². The maximum atomic E-state index is 4.45. The molecular formula is C14H23N3S. The summed E-state index contributed by atoms with van der Waals surface area (Å²) in [4.78, 5) is 2.64. The van der Waals surface area contributed by atoms with Crippen molar-refractivity contribution in [2.24, 2.45) is 11.8 Å². The van der Waals surface area contributed by atoms with Crippen molar-refractivity contribution >= 4 is 11.8 Å². The fourth-order valence-electron chi connectivity index (χ4n) is 3.53. The van der Waals surface area contributed by atoms with E-state index in [-0.39, 0.29) is 0 Å². The molecule has 3 nitrogen and oxygen atoms in total. The Morgan fingerprint density at radius 1 is 1.33 bits per heavy atom. The van der Waals surface area contributed by atoms with Crippen molar-refractivity contribution in [2.45, 2.75) is 44.2 Å². The van der Waals surface area contributed by atoms with Gasteiger partial charge < -0.3 is 4.90 Å². The average molecular weight is 265 g/mol. The number of aromatic amines is 1. The van der Waals surface area contributed by atoms with Crippen molar-refractivity contribution in [3.05, 3.63) is 11.3 Å². The van der Waals surface area contributed by atoms with E-state index in [4.69, 9.17) is 0 Å². The van der Waals surface area contributed by atoms with Crippen LogP contribution in [0.25, 0.3) is 0 Å². The van der Waals surface area contributed by atoms with Crippen LogP contribution in [0.1, 0.15) is 31.5 Å². The molecule has 0 saturated carbocycles. The minimum atomic E-state index is 0.691. The molecule has 3 rings (SSSR count). The zero-order valence-electron chi connectivity index (χ0n) is 11.6. The Morgan fingerprint density at radius 3 is 2.89 bits per heavy atom. The number of hydrogen-bond acceptors (Lipinski definition) is 3. The number of thioether (sulfide) groups is 1. The van der Waals surface area contributed by atoms with Gasteiger partial charge in [0.15, 0.2) is 0 Å². The van der Waals surface area contributed by atoms with Crippen molar-refractivity contribution < 1.29 is 0 Å². The van der Waals surface area contributed by atoms with Gasteiger partial charge in [-0.3, -0.25) is 5.10 Å². The van der Waals surface area contributed by atoms with E-state index in [2.05, 4.69) is 35.2 Å². The SMILES string of the molecule is CSc1n[nH]c2c1C[C@@H]1CN(C(C)C)CC[C@H]1C2. The fourth-order valence-corrected chi connectivity index (χ4v) is 4.12. The van der Waals surface area contributed by atoms with Crippen LogP contribution in [-0.4, -0.2) is 40.5 Å². The predicted octanol–water partition coefficient (Wildman–Crippen LogP) is 2.58. The summed E-state index contributed by atoms with van der Waals surface area (Å²) in [5, 5.41) is 8.94. The first-order chi connectivity index (χ1) is 8.69. The van der Waals surface area contributed by atoms with E-state index >= 15 is 0 Å². The lowest BCUT2D eigenvalue weighted by Gasteiger charge is -2.42. The average Bonchev–Trinajstić information content (AvgIpc) is 2.77. The highest BCUT2D eigenvalue weighted by Gasteiger charge is 2.36. The molecule has 0 radical (unpaired) electrons. The van der Waals surface area contributed by atoms with E-state index in [1.807, 2.05) is 0 Å². The highest BCUT2D eigenvalue weighted by molar-refractivity contribution is 7.98. The number of fused-ring (bicyclic) bond motifs is 2. The predicted molar refractivity (Wildman–Crippen MR) is 76.1 cm³/mol. The second-order valence-corrected chi connectivity index (χ2v) is 6.79. The quantitative estimate of drug-likeness (QED) is 0.834. The maximum Gasteiger partial charge on any atom is 0.121 e. The van der Waals surface area contributed by atoms with Gasteiger partial charge >= 0.3 is 0 Å². The van der Waals surface area contributed by atoms with Crippen LogP contribution in [0.4, 0.5) is 0 Å². The molecule has 100 valence electrons. The van der Waals surface area contributed by atoms with Crippen molar-refractivity contribution in [3.8, 4) is 0 Å². The number of H-pyrrole nitrogens is 1. The van der Waals surface area contributed by atoms with Crippen LogP contribution in [-0.2, 0) is 12.8 Å². The van der Waals surface area contributed by atoms with Gasteiger partial charge in [0.1, 0.15) is 5.03 Å². The van der Waals surface area contributed by atoms with Crippen molar-refractivity contribution in [1.82, 2.24) is 15.1 Å². The molecule has 1 saturated heterocycles. The minimum absolute atomic E-state index is 0.691. The first-order valence-corrected chi connectivity index (χ1v) is 8.25. The van der Waals surface area contributed by atoms with E-state index in [1.165, 1.54) is 48.6 Å². The van der Waals surface area contributed by atoms with Gasteiger partial charge in [-0.2, -0.15) is 5.10 Å². The Kier molecular flexibility index (Phi) is 3.41. The summed E-state index contributed by atoms with van der Waals surface area (Å²) >= 11 is 1.78. The molecule has 2 heterocycles. The molecule has 0 amide bonds. The molecule has 2 atom stereocenters. The van der Waals surface area contributed by atoms with Gasteiger partial charge in [0, 0.05) is 23.8 Å². The van der Waals surface area contributed by atoms with Gasteiger partial charge in [-0.05, 0) is 57.7 Å². The second-order valence-electron chi connectivity index (χ2n) is 6.00. The van der Waals surface area contributed by atoms with Gasteiger partial charge in [-0.1, -0.05) is 0 Å². The highest BCUT2D eigenvalue weighted by Crippen LogP contribution is 2.38. The van der Waals surface area contributed by atoms with Crippen LogP contribution in [0, 0.1) is 11.8 Å². The lowest BCUT2D eigenvalue weighted by molar-refractivity contribution is 0.0868. The molecule has 1 aromatic rings. The number of hydrogen-bond donors (Lipinski definition) is 1. The Bertz CT molecular complexity index is 427. The molecule has 1 aliphatic carbocycles. The van der Waals surface area contributed by atoms with E-state index in [0.29, 0.717) is 6.04 Å². The third kappa shape index (κ3) is 2.10. The third-order valence-electron chi connectivity index (χ3n) is 4.69. The van der Waals surface area contributed by atoms with Crippen LogP contribution in [0.3, 0.4) is 0 Å². The summed E-state index contributed by atoms with van der Waals surface area (Å²) in [7, 11) is 0. The summed E-state index contributed by atoms with van der Waals surface area (Å²) in [6.07, 6.45) is 5.94. The molecule has 4 heteroatoms. The summed E-state index contributed by atoms with van der Waals surface area (Å²) in [5.74, 6) is 1.72. The van der Waals surface area contributed by atoms with E-state index in [9.17, 15) is 0 Å². The van der Waals surface area contributed by atoms with Gasteiger partial charge in [0.05, 0.1) is 0 Å². The Morgan fingerprint density at radius 2 is 2.17 bits per heavy atom. The largest absolute Gasteiger partial charge is 0.301 e. The molecular weight excluding hydrogens is 242 g/mol. The molecule has 0 unspecified atom stereocenters. The maximum absolute atomic E-state index is 4.45. The van der Waals surface area contributed by atoms with Crippen molar-refractivity contribution in [1.29, 1.82) is 0 Å². The lowest BCUT2D eigenvalue weighted by atomic mass is 9.74. The highest BCUT2D eigenvalue weighted by atomic mass is 32.2. The molecule has 0 aromatic carbocycles. The molecule has 0 spiro atoms. The summed E-state index contributed by atoms with van der Waals surface area (Å²) < 4.78 is 0. The number of nitrogens with zero attached hydrogens (tertiary/aromatic N) is 2. The molecule has 0 bridgehead atoms. The van der Waals surface area contributed by atoms with Crippen LogP contribution >= 0.6 is 11.8 Å².